The first-order valence-corrected chi connectivity index (χ1v) is 26.2. The van der Waals surface area contributed by atoms with E-state index in [0.717, 1.165) is 29.6 Å². The number of rotatable bonds is 16. The number of hydrogen-bond acceptors (Lipinski definition) is 18. The zero-order valence-corrected chi connectivity index (χ0v) is 42.2. The van der Waals surface area contributed by atoms with Crippen LogP contribution in [0.2, 0.25) is 0 Å². The van der Waals surface area contributed by atoms with Gasteiger partial charge in [-0.3, -0.25) is 33.6 Å². The van der Waals surface area contributed by atoms with Crippen molar-refractivity contribution in [2.24, 2.45) is 23.7 Å². The Morgan fingerprint density at radius 2 is 1.00 bits per heavy atom. The molecular formula is C57H50O16S2. The molecule has 9 rings (SSSR count). The Morgan fingerprint density at radius 3 is 1.44 bits per heavy atom. The molecule has 1 N–H and O–H groups in total. The first-order chi connectivity index (χ1) is 36.3. The van der Waals surface area contributed by atoms with Crippen LogP contribution in [0.15, 0.2) is 129 Å². The number of phenolic OH excluding ortho intramolecular Hbond substituents is 1. The maximum Gasteiger partial charge on any atom is 0.330 e. The number of aromatic hydroxyl groups is 1. The predicted octanol–water partition coefficient (Wildman–Crippen LogP) is 10.1. The average molecular weight is 1060 g/mol. The van der Waals surface area contributed by atoms with Gasteiger partial charge in [0, 0.05) is 34.4 Å². The molecule has 3 aliphatic carbocycles. The fraction of sp³-hybridized carbons (Fsp3) is 0.298. The molecule has 1 unspecified atom stereocenters. The summed E-state index contributed by atoms with van der Waals surface area (Å²) in [5, 5.41) is 10.5. The molecule has 2 fully saturated rings. The van der Waals surface area contributed by atoms with E-state index >= 15 is 0 Å². The highest BCUT2D eigenvalue weighted by Crippen LogP contribution is 2.62. The molecule has 0 bridgehead atoms. The Labute approximate surface area is 439 Å². The first-order valence-electron chi connectivity index (χ1n) is 24.5. The van der Waals surface area contributed by atoms with Crippen LogP contribution in [0, 0.1) is 23.7 Å². The first kappa shape index (κ1) is 52.2. The topological polar surface area (TPSA) is 221 Å². The summed E-state index contributed by atoms with van der Waals surface area (Å²) in [5.41, 5.74) is 0.529. The van der Waals surface area contributed by atoms with Gasteiger partial charge >= 0.3 is 35.8 Å². The number of fused-ring (bicyclic) bond motifs is 3. The minimum Gasteiger partial charge on any atom is -0.508 e. The Hall–Kier alpha value is -7.70. The molecule has 0 spiro atoms. The minimum atomic E-state index is -0.865. The lowest BCUT2D eigenvalue weighted by Crippen LogP contribution is -2.31. The number of esters is 6. The van der Waals surface area contributed by atoms with Gasteiger partial charge in [-0.05, 0) is 99.9 Å². The highest BCUT2D eigenvalue weighted by molar-refractivity contribution is 8.25. The van der Waals surface area contributed by atoms with Gasteiger partial charge in [0.1, 0.15) is 36.2 Å². The Morgan fingerprint density at radius 1 is 0.587 bits per heavy atom. The third-order valence-electron chi connectivity index (χ3n) is 13.4. The zero-order chi connectivity index (χ0) is 52.8. The number of benzene rings is 5. The van der Waals surface area contributed by atoms with E-state index in [9.17, 15) is 43.5 Å². The summed E-state index contributed by atoms with van der Waals surface area (Å²) < 4.78 is 40.3. The fourth-order valence-electron chi connectivity index (χ4n) is 9.29. The normalized spacial score (nSPS) is 19.3. The standard InChI is InChI=1S/C57H50O16S2/c1-3-44(59)68-30-39(69-45(60)4-2)29-67-36-25-27-38(28-26-36)71-54(64)32-15-19-34(20-16-32)56(66)73-50-43-12-8-7-11-42(43)49(51-52(50)75-57(74-51)46-47(61)40-9-5-6-10-41(40)48(46)62)72-55(65)33-17-13-31(14-18-33)53(63)70-37-23-21-35(58)22-24-37/h3,5-12,21-28,31-34,39,58H,1,4,13-20,29-30H2,2H3. The molecule has 5 aromatic carbocycles. The van der Waals surface area contributed by atoms with Crippen LogP contribution < -0.4 is 23.7 Å². The van der Waals surface area contributed by atoms with Gasteiger partial charge in [0.25, 0.3) is 0 Å². The van der Waals surface area contributed by atoms with Crippen molar-refractivity contribution in [3.63, 3.8) is 0 Å². The number of ether oxygens (including phenoxy) is 7. The van der Waals surface area contributed by atoms with Crippen LogP contribution in [0.4, 0.5) is 0 Å². The molecule has 75 heavy (non-hydrogen) atoms. The maximum atomic E-state index is 14.2. The SMILES string of the molecule is C=CC(=O)OCC(COc1ccc(OC(=O)C2CCC(C(=O)Oc3c4c(c(OC(=O)C5CCC(C(=O)Oc6ccc(O)cc6)CC5)c5ccccc35)SC(=C3C(=O)c5ccccc5C3=O)S4)CC2)cc1)OC(=O)CC. The van der Waals surface area contributed by atoms with Crippen LogP contribution in [0.5, 0.6) is 34.5 Å². The smallest absolute Gasteiger partial charge is 0.330 e. The van der Waals surface area contributed by atoms with E-state index in [0.29, 0.717) is 87.7 Å². The minimum absolute atomic E-state index is 0.0292. The molecule has 16 nitrogen and oxygen atoms in total. The van der Waals surface area contributed by atoms with Crippen LogP contribution in [-0.2, 0) is 38.2 Å². The number of phenols is 1. The van der Waals surface area contributed by atoms with Gasteiger partial charge in [0.2, 0.25) is 0 Å². The van der Waals surface area contributed by atoms with E-state index in [1.807, 2.05) is 0 Å². The van der Waals surface area contributed by atoms with Crippen molar-refractivity contribution in [2.75, 3.05) is 13.2 Å². The number of carbonyl (C=O) groups is 8. The van der Waals surface area contributed by atoms with Crippen molar-refractivity contribution in [1.29, 1.82) is 0 Å². The summed E-state index contributed by atoms with van der Waals surface area (Å²) >= 11 is 2.20. The lowest BCUT2D eigenvalue weighted by molar-refractivity contribution is -0.158. The Bertz CT molecular complexity index is 3090. The van der Waals surface area contributed by atoms with Crippen LogP contribution in [0.3, 0.4) is 0 Å². The summed E-state index contributed by atoms with van der Waals surface area (Å²) in [6, 6.07) is 25.7. The second kappa shape index (κ2) is 23.2. The molecular weight excluding hydrogens is 1000 g/mol. The Balaban J connectivity index is 0.876. The van der Waals surface area contributed by atoms with E-state index in [2.05, 4.69) is 6.58 Å². The number of thioether (sulfide) groups is 2. The molecule has 2 saturated carbocycles. The third kappa shape index (κ3) is 11.8. The average Bonchev–Trinajstić information content (AvgIpc) is 3.99. The summed E-state index contributed by atoms with van der Waals surface area (Å²) in [4.78, 5) is 107. The molecule has 18 heteroatoms. The predicted molar refractivity (Wildman–Crippen MR) is 273 cm³/mol. The van der Waals surface area contributed by atoms with Crippen molar-refractivity contribution in [3.8, 4) is 34.5 Å². The van der Waals surface area contributed by atoms with Gasteiger partial charge in [-0.1, -0.05) is 85.6 Å². The number of allylic oxidation sites excluding steroid dienone is 1. The molecule has 0 saturated heterocycles. The molecule has 0 aromatic heterocycles. The van der Waals surface area contributed by atoms with E-state index in [1.165, 1.54) is 24.3 Å². The van der Waals surface area contributed by atoms with Crippen molar-refractivity contribution >= 4 is 81.7 Å². The van der Waals surface area contributed by atoms with Crippen molar-refractivity contribution in [1.82, 2.24) is 0 Å². The van der Waals surface area contributed by atoms with Crippen LogP contribution in [0.1, 0.15) is 85.4 Å². The molecule has 0 radical (unpaired) electrons. The van der Waals surface area contributed by atoms with Gasteiger partial charge in [-0.2, -0.15) is 0 Å². The van der Waals surface area contributed by atoms with Crippen molar-refractivity contribution in [2.45, 2.75) is 80.6 Å². The summed E-state index contributed by atoms with van der Waals surface area (Å²) in [6.45, 7) is 4.65. The van der Waals surface area contributed by atoms with Crippen LogP contribution in [-0.4, -0.2) is 71.8 Å². The summed E-state index contributed by atoms with van der Waals surface area (Å²) in [5.74, 6) is -4.70. The lowest BCUT2D eigenvalue weighted by atomic mass is 9.82. The second-order valence-corrected chi connectivity index (χ2v) is 20.6. The van der Waals surface area contributed by atoms with E-state index in [4.69, 9.17) is 33.2 Å². The van der Waals surface area contributed by atoms with Crippen molar-refractivity contribution in [3.05, 3.63) is 131 Å². The monoisotopic (exact) mass is 1050 g/mol. The van der Waals surface area contributed by atoms with Crippen LogP contribution in [0.25, 0.3) is 10.8 Å². The molecule has 386 valence electrons. The quantitative estimate of drug-likeness (QED) is 0.0420. The van der Waals surface area contributed by atoms with E-state index in [-0.39, 0.29) is 59.3 Å². The molecule has 4 aliphatic rings. The second-order valence-electron chi connectivity index (χ2n) is 18.3. The summed E-state index contributed by atoms with van der Waals surface area (Å²) in [6.07, 6.45) is 3.05. The third-order valence-corrected chi connectivity index (χ3v) is 16.0. The van der Waals surface area contributed by atoms with Gasteiger partial charge in [-0.15, -0.1) is 0 Å². The molecule has 1 heterocycles. The van der Waals surface area contributed by atoms with E-state index < -0.39 is 77.2 Å². The van der Waals surface area contributed by atoms with Gasteiger partial charge in [-0.25, -0.2) is 4.79 Å². The number of hydrogen-bond donors (Lipinski definition) is 1. The maximum absolute atomic E-state index is 14.2. The lowest BCUT2D eigenvalue weighted by Gasteiger charge is -2.27. The van der Waals surface area contributed by atoms with Gasteiger partial charge in [0.05, 0.1) is 43.3 Å². The zero-order valence-electron chi connectivity index (χ0n) is 40.6. The largest absolute Gasteiger partial charge is 0.508 e. The highest BCUT2D eigenvalue weighted by Gasteiger charge is 2.42. The van der Waals surface area contributed by atoms with Crippen molar-refractivity contribution < 1.29 is 76.6 Å². The Kier molecular flexibility index (Phi) is 16.2. The molecule has 5 aromatic rings. The molecule has 1 atom stereocenters. The van der Waals surface area contributed by atoms with Gasteiger partial charge < -0.3 is 38.3 Å². The number of carbonyl (C=O) groups excluding carboxylic acids is 8. The number of Topliss-reactive ketones (excluding diaryl/α,β-unsaturated/α-hetero) is 2. The molecule has 0 amide bonds. The molecule has 1 aliphatic heterocycles. The highest BCUT2D eigenvalue weighted by atomic mass is 32.2. The van der Waals surface area contributed by atoms with E-state index in [1.54, 1.807) is 79.7 Å². The fourth-order valence-corrected chi connectivity index (χ4v) is 12.0. The van der Waals surface area contributed by atoms with Crippen LogP contribution >= 0.6 is 23.5 Å². The summed E-state index contributed by atoms with van der Waals surface area (Å²) in [7, 11) is 0. The van der Waals surface area contributed by atoms with Gasteiger partial charge in [0.15, 0.2) is 29.2 Å². The number of ketones is 2.